The first kappa shape index (κ1) is 52.1. The number of nitrogens with one attached hydrogen (secondary N) is 1. The van der Waals surface area contributed by atoms with Crippen molar-refractivity contribution in [3.05, 3.63) is 109 Å². The summed E-state index contributed by atoms with van der Waals surface area (Å²) in [5.41, 5.74) is 0. The van der Waals surface area contributed by atoms with E-state index in [0.717, 1.165) is 77.0 Å². The average Bonchev–Trinajstić information content (AvgIpc) is 3.19. The second kappa shape index (κ2) is 45.4. The van der Waals surface area contributed by atoms with Crippen LogP contribution in [0.5, 0.6) is 0 Å². The Morgan fingerprint density at radius 2 is 0.818 bits per heavy atom. The van der Waals surface area contributed by atoms with Gasteiger partial charge in [0.25, 0.3) is 0 Å². The molecule has 0 heterocycles. The molecule has 1 amide bonds. The number of hydrogen-bond acceptors (Lipinski definition) is 3. The molecule has 2 atom stereocenters. The molecule has 0 aromatic rings. The van der Waals surface area contributed by atoms with Crippen molar-refractivity contribution < 1.29 is 15.0 Å². The number of unbranched alkanes of at least 4 members (excludes halogenated alkanes) is 16. The summed E-state index contributed by atoms with van der Waals surface area (Å²) < 4.78 is 0. The first-order valence-electron chi connectivity index (χ1n) is 22.6. The SMILES string of the molecule is CC/C=C\C/C=C\C/C=C\C/C=C\C/C=C\C/C=C\CCCCCCCCCCCCCCC(=O)NC(CO)C(O)/C=C/CC/C=C/CC/C=C/CCCC. The first-order chi connectivity index (χ1) is 27.2. The van der Waals surface area contributed by atoms with E-state index in [-0.39, 0.29) is 12.5 Å². The topological polar surface area (TPSA) is 69.6 Å². The van der Waals surface area contributed by atoms with Crippen molar-refractivity contribution in [1.82, 2.24) is 5.32 Å². The van der Waals surface area contributed by atoms with Crippen LogP contribution >= 0.6 is 0 Å². The van der Waals surface area contributed by atoms with Crippen LogP contribution in [0.3, 0.4) is 0 Å². The molecule has 0 radical (unpaired) electrons. The summed E-state index contributed by atoms with van der Waals surface area (Å²) in [5.74, 6) is -0.0875. The van der Waals surface area contributed by atoms with Crippen LogP contribution in [0.25, 0.3) is 0 Å². The van der Waals surface area contributed by atoms with E-state index in [0.29, 0.717) is 6.42 Å². The molecule has 0 aliphatic heterocycles. The van der Waals surface area contributed by atoms with Gasteiger partial charge in [0.1, 0.15) is 0 Å². The Labute approximate surface area is 340 Å². The lowest BCUT2D eigenvalue weighted by molar-refractivity contribution is -0.123. The van der Waals surface area contributed by atoms with Gasteiger partial charge in [0.05, 0.1) is 18.8 Å². The monoisotopic (exact) mass is 760 g/mol. The lowest BCUT2D eigenvalue weighted by Crippen LogP contribution is -2.45. The standard InChI is InChI=1S/C51H85NO3/c1-3-5-7-9-11-13-15-17-18-19-20-21-22-23-24-25-26-27-28-29-30-31-32-33-34-35-37-39-41-43-45-47-51(55)52-49(48-53)50(54)46-44-42-40-38-36-16-14-12-10-8-6-4-2/h5,7,10-13,17-18,20-21,23-24,26-27,36,38,44,46,49-50,53-54H,3-4,6,8-9,14-16,19,22,25,28-35,37,39-43,45,47-48H2,1-2H3,(H,52,55)/b7-5-,12-10+,13-11-,18-17-,21-20-,24-23-,27-26-,38-36+,46-44+. The van der Waals surface area contributed by atoms with Crippen LogP contribution in [-0.2, 0) is 4.79 Å². The number of hydrogen-bond donors (Lipinski definition) is 3. The quantitative estimate of drug-likeness (QED) is 0.0432. The highest BCUT2D eigenvalue weighted by Gasteiger charge is 2.17. The van der Waals surface area contributed by atoms with E-state index in [2.05, 4.69) is 116 Å². The highest BCUT2D eigenvalue weighted by Crippen LogP contribution is 2.13. The number of rotatable bonds is 39. The Balaban J connectivity index is 3.60. The molecule has 3 N–H and O–H groups in total. The van der Waals surface area contributed by atoms with E-state index >= 15 is 0 Å². The second-order valence-electron chi connectivity index (χ2n) is 14.7. The predicted molar refractivity (Wildman–Crippen MR) is 243 cm³/mol. The van der Waals surface area contributed by atoms with Gasteiger partial charge in [-0.15, -0.1) is 0 Å². The molecule has 4 nitrogen and oxygen atoms in total. The minimum atomic E-state index is -0.875. The predicted octanol–water partition coefficient (Wildman–Crippen LogP) is 14.4. The summed E-state index contributed by atoms with van der Waals surface area (Å²) in [7, 11) is 0. The molecule has 0 fully saturated rings. The van der Waals surface area contributed by atoms with Gasteiger partial charge in [0, 0.05) is 6.42 Å². The van der Waals surface area contributed by atoms with E-state index in [9.17, 15) is 15.0 Å². The van der Waals surface area contributed by atoms with Crippen molar-refractivity contribution >= 4 is 5.91 Å². The number of carbonyl (C=O) groups excluding carboxylic acids is 1. The second-order valence-corrected chi connectivity index (χ2v) is 14.7. The fourth-order valence-electron chi connectivity index (χ4n) is 6.02. The Morgan fingerprint density at radius 3 is 1.27 bits per heavy atom. The van der Waals surface area contributed by atoms with Gasteiger partial charge in [-0.05, 0) is 89.9 Å². The van der Waals surface area contributed by atoms with Crippen LogP contribution in [0.2, 0.25) is 0 Å². The molecule has 312 valence electrons. The zero-order valence-electron chi connectivity index (χ0n) is 35.6. The van der Waals surface area contributed by atoms with Crippen LogP contribution < -0.4 is 5.32 Å². The maximum absolute atomic E-state index is 12.4. The third-order valence-corrected chi connectivity index (χ3v) is 9.47. The van der Waals surface area contributed by atoms with E-state index in [1.54, 1.807) is 6.08 Å². The van der Waals surface area contributed by atoms with E-state index in [4.69, 9.17) is 0 Å². The summed E-state index contributed by atoms with van der Waals surface area (Å²) in [6.45, 7) is 4.11. The summed E-state index contributed by atoms with van der Waals surface area (Å²) in [4.78, 5) is 12.4. The van der Waals surface area contributed by atoms with Crippen molar-refractivity contribution in [2.75, 3.05) is 6.61 Å². The van der Waals surface area contributed by atoms with Gasteiger partial charge in [-0.1, -0.05) is 200 Å². The number of allylic oxidation sites excluding steroid dienone is 17. The Hall–Kier alpha value is -2.95. The summed E-state index contributed by atoms with van der Waals surface area (Å²) >= 11 is 0. The number of aliphatic hydroxyl groups is 2. The third-order valence-electron chi connectivity index (χ3n) is 9.47. The van der Waals surface area contributed by atoms with Gasteiger partial charge >= 0.3 is 0 Å². The van der Waals surface area contributed by atoms with Crippen molar-refractivity contribution in [2.24, 2.45) is 0 Å². The van der Waals surface area contributed by atoms with Gasteiger partial charge < -0.3 is 15.5 Å². The third kappa shape index (κ3) is 42.0. The molecular weight excluding hydrogens is 675 g/mol. The Bertz CT molecular complexity index is 1090. The van der Waals surface area contributed by atoms with Crippen LogP contribution in [0.1, 0.15) is 187 Å². The zero-order valence-corrected chi connectivity index (χ0v) is 35.6. The molecule has 0 aliphatic rings. The number of carbonyl (C=O) groups is 1. The Morgan fingerprint density at radius 1 is 0.455 bits per heavy atom. The number of amides is 1. The van der Waals surface area contributed by atoms with Crippen molar-refractivity contribution in [3.8, 4) is 0 Å². The molecule has 0 aliphatic carbocycles. The van der Waals surface area contributed by atoms with Crippen molar-refractivity contribution in [3.63, 3.8) is 0 Å². The van der Waals surface area contributed by atoms with Crippen molar-refractivity contribution in [1.29, 1.82) is 0 Å². The molecule has 0 saturated heterocycles. The lowest BCUT2D eigenvalue weighted by Gasteiger charge is -2.19. The molecule has 0 rings (SSSR count). The normalized spacial score (nSPS) is 14.0. The van der Waals surface area contributed by atoms with Crippen LogP contribution in [0, 0.1) is 0 Å². The average molecular weight is 760 g/mol. The molecule has 0 aromatic heterocycles. The minimum absolute atomic E-state index is 0.0875. The summed E-state index contributed by atoms with van der Waals surface area (Å²) in [6, 6.07) is -0.652. The smallest absolute Gasteiger partial charge is 0.220 e. The molecular formula is C51H85NO3. The first-order valence-corrected chi connectivity index (χ1v) is 22.6. The summed E-state index contributed by atoms with van der Waals surface area (Å²) in [6.07, 6.45) is 69.2. The highest BCUT2D eigenvalue weighted by molar-refractivity contribution is 5.76. The van der Waals surface area contributed by atoms with E-state index < -0.39 is 12.1 Å². The molecule has 0 aromatic carbocycles. The largest absolute Gasteiger partial charge is 0.394 e. The van der Waals surface area contributed by atoms with Crippen LogP contribution in [-0.4, -0.2) is 34.9 Å². The van der Waals surface area contributed by atoms with E-state index in [1.807, 2.05) is 6.08 Å². The van der Waals surface area contributed by atoms with E-state index in [1.165, 1.54) is 89.9 Å². The van der Waals surface area contributed by atoms with Gasteiger partial charge in [-0.25, -0.2) is 0 Å². The van der Waals surface area contributed by atoms with Gasteiger partial charge in [-0.2, -0.15) is 0 Å². The maximum Gasteiger partial charge on any atom is 0.220 e. The van der Waals surface area contributed by atoms with Gasteiger partial charge in [0.15, 0.2) is 0 Å². The van der Waals surface area contributed by atoms with Crippen molar-refractivity contribution in [2.45, 2.75) is 199 Å². The number of aliphatic hydroxyl groups excluding tert-OH is 2. The van der Waals surface area contributed by atoms with Gasteiger partial charge in [0.2, 0.25) is 5.91 Å². The lowest BCUT2D eigenvalue weighted by atomic mass is 10.0. The molecule has 0 spiro atoms. The van der Waals surface area contributed by atoms with Gasteiger partial charge in [-0.3, -0.25) is 4.79 Å². The highest BCUT2D eigenvalue weighted by atomic mass is 16.3. The van der Waals surface area contributed by atoms with Crippen LogP contribution in [0.15, 0.2) is 109 Å². The molecule has 4 heteroatoms. The Kier molecular flexibility index (Phi) is 43.0. The molecule has 55 heavy (non-hydrogen) atoms. The molecule has 0 bridgehead atoms. The fourth-order valence-corrected chi connectivity index (χ4v) is 6.02. The van der Waals surface area contributed by atoms with Crippen LogP contribution in [0.4, 0.5) is 0 Å². The summed E-state index contributed by atoms with van der Waals surface area (Å²) in [5, 5.41) is 22.9. The fraction of sp³-hybridized carbons (Fsp3) is 0.627. The minimum Gasteiger partial charge on any atom is -0.394 e. The molecule has 0 saturated carbocycles. The molecule has 2 unspecified atom stereocenters. The zero-order chi connectivity index (χ0) is 40.0. The maximum atomic E-state index is 12.4.